The number of nitrogens with one attached hydrogen (secondary N) is 3. The second kappa shape index (κ2) is 11.5. The molecule has 1 aliphatic carbocycles. The Balaban J connectivity index is 1.07. The number of carbonyl (C=O) groups is 2. The van der Waals surface area contributed by atoms with Crippen molar-refractivity contribution in [3.63, 3.8) is 0 Å². The third-order valence-corrected chi connectivity index (χ3v) is 9.29. The van der Waals surface area contributed by atoms with E-state index in [0.717, 1.165) is 52.7 Å². The molecular formula is C38H44N6O4. The maximum atomic E-state index is 13.4. The summed E-state index contributed by atoms with van der Waals surface area (Å²) in [6.07, 6.45) is 6.63. The van der Waals surface area contributed by atoms with Gasteiger partial charge in [0.15, 0.2) is 5.54 Å². The van der Waals surface area contributed by atoms with E-state index in [1.807, 2.05) is 58.6 Å². The number of benzene rings is 2. The molecule has 2 aliphatic heterocycles. The second-order valence-electron chi connectivity index (χ2n) is 15.5. The highest BCUT2D eigenvalue weighted by molar-refractivity contribution is 5.88. The summed E-state index contributed by atoms with van der Waals surface area (Å²) in [4.78, 5) is 44.3. The minimum absolute atomic E-state index is 0.124. The normalized spacial score (nSPS) is 25.0. The summed E-state index contributed by atoms with van der Waals surface area (Å²) >= 11 is 0. The number of aromatic amines is 2. The van der Waals surface area contributed by atoms with Gasteiger partial charge in [-0.05, 0) is 115 Å². The van der Waals surface area contributed by atoms with Crippen LogP contribution in [-0.2, 0) is 19.8 Å². The van der Waals surface area contributed by atoms with Crippen molar-refractivity contribution in [3.8, 4) is 23.1 Å². The number of hydrogen-bond acceptors (Lipinski definition) is 7. The summed E-state index contributed by atoms with van der Waals surface area (Å²) in [6.45, 7) is 13.4. The number of H-pyrrole nitrogens is 2. The lowest BCUT2D eigenvalue weighted by molar-refractivity contribution is -0.163. The van der Waals surface area contributed by atoms with Gasteiger partial charge in [0.25, 0.3) is 0 Å². The minimum Gasteiger partial charge on any atom is -0.458 e. The molecule has 3 aliphatic rings. The van der Waals surface area contributed by atoms with Crippen LogP contribution in [0.2, 0.25) is 0 Å². The molecule has 7 rings (SSSR count). The number of carbonyl (C=O) groups excluding carboxylic acids is 2. The summed E-state index contributed by atoms with van der Waals surface area (Å²) in [5, 5.41) is 5.58. The van der Waals surface area contributed by atoms with E-state index in [0.29, 0.717) is 23.9 Å². The molecule has 2 aromatic heterocycles. The minimum atomic E-state index is -1.00. The summed E-state index contributed by atoms with van der Waals surface area (Å²) < 4.78 is 11.5. The lowest BCUT2D eigenvalue weighted by Gasteiger charge is -2.30. The van der Waals surface area contributed by atoms with Crippen LogP contribution in [-0.4, -0.2) is 60.2 Å². The lowest BCUT2D eigenvalue weighted by Crippen LogP contribution is -2.50. The van der Waals surface area contributed by atoms with Crippen LogP contribution in [0.3, 0.4) is 0 Å². The van der Waals surface area contributed by atoms with Crippen molar-refractivity contribution < 1.29 is 19.1 Å². The first-order valence-electron chi connectivity index (χ1n) is 16.9. The average molecular weight is 649 g/mol. The molecule has 3 N–H and O–H groups in total. The van der Waals surface area contributed by atoms with Gasteiger partial charge in [0, 0.05) is 23.2 Å². The Labute approximate surface area is 281 Å². The maximum Gasteiger partial charge on any atom is 0.411 e. The summed E-state index contributed by atoms with van der Waals surface area (Å²) in [5.74, 6) is 8.00. The number of fused-ring (bicyclic) bond motifs is 2. The van der Waals surface area contributed by atoms with Gasteiger partial charge in [-0.2, -0.15) is 0 Å². The number of nitrogens with zero attached hydrogens (tertiary/aromatic N) is 3. The SMILES string of the molecule is C[C@H]1CC[C@@](C(=O)OC(C)(C)C)(c2ncc(-c3ccc4cc(C#Cc5cnc([C@@H]6C[C@H]7C[C@H]7N6C(=O)OC(C)(C)C)[nH]5)ccc4c3)[nH]2)N1. The molecule has 0 bridgehead atoms. The van der Waals surface area contributed by atoms with Crippen LogP contribution < -0.4 is 5.32 Å². The van der Waals surface area contributed by atoms with Gasteiger partial charge in [-0.25, -0.2) is 19.6 Å². The molecule has 0 unspecified atom stereocenters. The zero-order valence-corrected chi connectivity index (χ0v) is 28.7. The molecule has 5 atom stereocenters. The van der Waals surface area contributed by atoms with Gasteiger partial charge >= 0.3 is 12.1 Å². The van der Waals surface area contributed by atoms with Crippen LogP contribution in [0, 0.1) is 17.8 Å². The number of ether oxygens (including phenoxy) is 2. The molecule has 0 spiro atoms. The number of hydrogen-bond donors (Lipinski definition) is 3. The van der Waals surface area contributed by atoms with E-state index in [2.05, 4.69) is 68.3 Å². The van der Waals surface area contributed by atoms with Crippen molar-refractivity contribution in [1.29, 1.82) is 0 Å². The number of likely N-dealkylation sites (tertiary alicyclic amines) is 1. The fourth-order valence-corrected chi connectivity index (χ4v) is 6.97. The Bertz CT molecular complexity index is 1950. The highest BCUT2D eigenvalue weighted by atomic mass is 16.6. The first kappa shape index (κ1) is 32.0. The van der Waals surface area contributed by atoms with E-state index < -0.39 is 16.7 Å². The number of aromatic nitrogens is 4. The maximum absolute atomic E-state index is 13.4. The summed E-state index contributed by atoms with van der Waals surface area (Å²) in [5.41, 5.74) is 1.25. The fourth-order valence-electron chi connectivity index (χ4n) is 6.97. The monoisotopic (exact) mass is 648 g/mol. The molecule has 2 saturated heterocycles. The van der Waals surface area contributed by atoms with Crippen LogP contribution in [0.15, 0.2) is 48.8 Å². The average Bonchev–Trinajstić information content (AvgIpc) is 3.50. The Morgan fingerprint density at radius 1 is 0.917 bits per heavy atom. The highest BCUT2D eigenvalue weighted by Gasteiger charge is 2.56. The molecular weight excluding hydrogens is 604 g/mol. The first-order chi connectivity index (χ1) is 22.7. The standard InChI is InChI=1S/C38H44N6O4/c1-22-14-15-38(43-22,34(45)47-36(2,3)4)33-40-21-29(42-33)26-12-11-24-16-23(8-10-25(24)17-26)9-13-28-20-39-32(41-28)31-19-27-18-30(27)44(31)35(46)48-37(5,6)7/h8,10-12,16-17,20-22,27,30-31,43H,14-15,18-19H2,1-7H3,(H,39,41)(H,40,42)/t22-,27+,30+,31-,38-/m0/s1. The van der Waals surface area contributed by atoms with Crippen LogP contribution in [0.5, 0.6) is 0 Å². The Morgan fingerprint density at radius 2 is 1.67 bits per heavy atom. The largest absolute Gasteiger partial charge is 0.458 e. The van der Waals surface area contributed by atoms with Crippen molar-refractivity contribution in [2.24, 2.45) is 5.92 Å². The zero-order valence-electron chi connectivity index (χ0n) is 28.7. The number of piperidine rings is 1. The highest BCUT2D eigenvalue weighted by Crippen LogP contribution is 2.53. The molecule has 3 fully saturated rings. The van der Waals surface area contributed by atoms with E-state index in [1.165, 1.54) is 0 Å². The zero-order chi connectivity index (χ0) is 34.0. The van der Waals surface area contributed by atoms with E-state index in [4.69, 9.17) is 9.47 Å². The van der Waals surface area contributed by atoms with Crippen molar-refractivity contribution >= 4 is 22.8 Å². The third-order valence-electron chi connectivity index (χ3n) is 9.29. The molecule has 10 nitrogen and oxygen atoms in total. The van der Waals surface area contributed by atoms with Gasteiger partial charge in [-0.1, -0.05) is 24.1 Å². The van der Waals surface area contributed by atoms with Gasteiger partial charge in [-0.15, -0.1) is 0 Å². The molecule has 2 aromatic carbocycles. The lowest BCUT2D eigenvalue weighted by atomic mass is 9.96. The van der Waals surface area contributed by atoms with E-state index in [-0.39, 0.29) is 30.2 Å². The fraction of sp³-hybridized carbons (Fsp3) is 0.474. The summed E-state index contributed by atoms with van der Waals surface area (Å²) in [7, 11) is 0. The van der Waals surface area contributed by atoms with Crippen LogP contribution in [0.1, 0.15) is 103 Å². The second-order valence-corrected chi connectivity index (χ2v) is 15.5. The number of rotatable bonds is 4. The predicted molar refractivity (Wildman–Crippen MR) is 183 cm³/mol. The Kier molecular flexibility index (Phi) is 7.67. The van der Waals surface area contributed by atoms with Crippen molar-refractivity contribution in [3.05, 3.63) is 71.7 Å². The molecule has 1 amide bonds. The van der Waals surface area contributed by atoms with Gasteiger partial charge < -0.3 is 19.4 Å². The van der Waals surface area contributed by atoms with Crippen LogP contribution in [0.4, 0.5) is 4.79 Å². The van der Waals surface area contributed by atoms with Gasteiger partial charge in [0.05, 0.1) is 24.1 Å². The van der Waals surface area contributed by atoms with Crippen molar-refractivity contribution in [2.75, 3.05) is 0 Å². The first-order valence-corrected chi connectivity index (χ1v) is 16.9. The molecule has 0 radical (unpaired) electrons. The Morgan fingerprint density at radius 3 is 2.40 bits per heavy atom. The van der Waals surface area contributed by atoms with Crippen molar-refractivity contribution in [1.82, 2.24) is 30.2 Å². The Hall–Kier alpha value is -4.62. The molecule has 4 heterocycles. The number of amides is 1. The van der Waals surface area contributed by atoms with E-state index in [1.54, 1.807) is 12.4 Å². The van der Waals surface area contributed by atoms with Crippen molar-refractivity contribution in [2.45, 2.75) is 109 Å². The number of imidazole rings is 2. The summed E-state index contributed by atoms with van der Waals surface area (Å²) in [6, 6.07) is 12.6. The third kappa shape index (κ3) is 6.31. The van der Waals surface area contributed by atoms with Crippen LogP contribution in [0.25, 0.3) is 22.0 Å². The smallest absolute Gasteiger partial charge is 0.411 e. The molecule has 48 heavy (non-hydrogen) atoms. The van der Waals surface area contributed by atoms with E-state index >= 15 is 0 Å². The van der Waals surface area contributed by atoms with Gasteiger partial charge in [-0.3, -0.25) is 10.2 Å². The van der Waals surface area contributed by atoms with Gasteiger partial charge in [0.2, 0.25) is 0 Å². The molecule has 1 saturated carbocycles. The van der Waals surface area contributed by atoms with Crippen LogP contribution >= 0.6 is 0 Å². The topological polar surface area (TPSA) is 125 Å². The van der Waals surface area contributed by atoms with Gasteiger partial charge in [0.1, 0.15) is 28.5 Å². The quantitative estimate of drug-likeness (QED) is 0.166. The molecule has 10 heteroatoms. The number of esters is 1. The predicted octanol–water partition coefficient (Wildman–Crippen LogP) is 6.73. The molecule has 4 aromatic rings. The molecule has 250 valence electrons. The van der Waals surface area contributed by atoms with E-state index in [9.17, 15) is 9.59 Å².